The normalized spacial score (nSPS) is 11.8. The van der Waals surface area contributed by atoms with Gasteiger partial charge in [-0.3, -0.25) is 9.78 Å². The zero-order valence-electron chi connectivity index (χ0n) is 12.1. The number of amides is 2. The first-order valence-electron chi connectivity index (χ1n) is 6.54. The maximum atomic E-state index is 12.1. The molecule has 110 valence electrons. The van der Waals surface area contributed by atoms with Gasteiger partial charge in [0.25, 0.3) is 0 Å². The molecular weight excluding hydrogens is 258 g/mol. The Morgan fingerprint density at radius 2 is 2.15 bits per heavy atom. The van der Waals surface area contributed by atoms with E-state index in [1.807, 2.05) is 19.9 Å². The Morgan fingerprint density at radius 3 is 2.70 bits per heavy atom. The number of pyridine rings is 1. The van der Waals surface area contributed by atoms with Gasteiger partial charge < -0.3 is 15.4 Å². The number of aromatic nitrogens is 1. The third-order valence-electron chi connectivity index (χ3n) is 2.69. The number of carbonyl (C=O) groups is 2. The highest BCUT2D eigenvalue weighted by molar-refractivity contribution is 5.85. The zero-order chi connectivity index (χ0) is 15.0. The van der Waals surface area contributed by atoms with Gasteiger partial charge in [0, 0.05) is 18.9 Å². The molecule has 0 bridgehead atoms. The summed E-state index contributed by atoms with van der Waals surface area (Å²) in [5, 5.41) is 5.33. The molecule has 6 nitrogen and oxygen atoms in total. The fraction of sp³-hybridized carbons (Fsp3) is 0.500. The number of methoxy groups -OCH3 is 1. The van der Waals surface area contributed by atoms with E-state index in [1.54, 1.807) is 18.5 Å². The first-order chi connectivity index (χ1) is 9.52. The molecule has 1 aromatic rings. The molecule has 0 fully saturated rings. The number of nitrogens with zero attached hydrogens (tertiary/aromatic N) is 1. The second kappa shape index (κ2) is 8.14. The summed E-state index contributed by atoms with van der Waals surface area (Å²) in [5.74, 6) is 0.0502. The lowest BCUT2D eigenvalue weighted by atomic mass is 10.0. The van der Waals surface area contributed by atoms with Crippen molar-refractivity contribution in [1.82, 2.24) is 15.6 Å². The third kappa shape index (κ3) is 5.69. The van der Waals surface area contributed by atoms with Crippen molar-refractivity contribution >= 4 is 12.0 Å². The van der Waals surface area contributed by atoms with Gasteiger partial charge in [-0.15, -0.1) is 0 Å². The van der Waals surface area contributed by atoms with Gasteiger partial charge in [-0.25, -0.2) is 4.79 Å². The number of alkyl carbamates (subject to hydrolysis) is 1. The summed E-state index contributed by atoms with van der Waals surface area (Å²) in [4.78, 5) is 27.3. The van der Waals surface area contributed by atoms with Gasteiger partial charge in [-0.05, 0) is 24.0 Å². The summed E-state index contributed by atoms with van der Waals surface area (Å²) in [6.07, 6.45) is 3.30. The van der Waals surface area contributed by atoms with E-state index in [0.717, 1.165) is 5.56 Å². The summed E-state index contributed by atoms with van der Waals surface area (Å²) in [7, 11) is 1.27. The Kier molecular flexibility index (Phi) is 6.49. The summed E-state index contributed by atoms with van der Waals surface area (Å²) in [6.45, 7) is 4.35. The molecule has 0 spiro atoms. The van der Waals surface area contributed by atoms with Crippen LogP contribution in [0, 0.1) is 5.92 Å². The lowest BCUT2D eigenvalue weighted by Gasteiger charge is -2.19. The van der Waals surface area contributed by atoms with Gasteiger partial charge in [0.2, 0.25) is 5.91 Å². The van der Waals surface area contributed by atoms with Crippen molar-refractivity contribution < 1.29 is 14.3 Å². The molecular formula is C14H21N3O3. The predicted molar refractivity (Wildman–Crippen MR) is 74.9 cm³/mol. The van der Waals surface area contributed by atoms with E-state index in [2.05, 4.69) is 20.4 Å². The number of nitrogens with one attached hydrogen (secondary N) is 2. The van der Waals surface area contributed by atoms with Crippen LogP contribution < -0.4 is 10.6 Å². The lowest BCUT2D eigenvalue weighted by Crippen LogP contribution is -2.47. The molecule has 0 unspecified atom stereocenters. The summed E-state index contributed by atoms with van der Waals surface area (Å²) >= 11 is 0. The van der Waals surface area contributed by atoms with Crippen LogP contribution in [-0.4, -0.2) is 30.1 Å². The molecule has 0 radical (unpaired) electrons. The van der Waals surface area contributed by atoms with Crippen LogP contribution in [0.2, 0.25) is 0 Å². The maximum Gasteiger partial charge on any atom is 0.407 e. The Balaban J connectivity index is 2.56. The second-order valence-corrected chi connectivity index (χ2v) is 4.90. The van der Waals surface area contributed by atoms with Crippen molar-refractivity contribution in [2.24, 2.45) is 5.92 Å². The average Bonchev–Trinajstić information content (AvgIpc) is 2.44. The Labute approximate surface area is 118 Å². The smallest absolute Gasteiger partial charge is 0.407 e. The SMILES string of the molecule is COC(=O)N[C@@H](CC(C)C)C(=O)NCc1cccnc1. The van der Waals surface area contributed by atoms with Crippen LogP contribution in [0.15, 0.2) is 24.5 Å². The molecule has 0 aliphatic carbocycles. The molecule has 2 N–H and O–H groups in total. The molecule has 0 aliphatic rings. The quantitative estimate of drug-likeness (QED) is 0.826. The molecule has 1 rings (SSSR count). The van der Waals surface area contributed by atoms with Crippen molar-refractivity contribution in [3.63, 3.8) is 0 Å². The number of carbonyl (C=O) groups excluding carboxylic acids is 2. The highest BCUT2D eigenvalue weighted by Gasteiger charge is 2.21. The Bertz CT molecular complexity index is 435. The van der Waals surface area contributed by atoms with E-state index in [1.165, 1.54) is 7.11 Å². The molecule has 1 aromatic heterocycles. The minimum Gasteiger partial charge on any atom is -0.453 e. The minimum absolute atomic E-state index is 0.229. The Morgan fingerprint density at radius 1 is 1.40 bits per heavy atom. The van der Waals surface area contributed by atoms with Gasteiger partial charge >= 0.3 is 6.09 Å². The number of hydrogen-bond acceptors (Lipinski definition) is 4. The van der Waals surface area contributed by atoms with Crippen molar-refractivity contribution in [3.8, 4) is 0 Å². The van der Waals surface area contributed by atoms with E-state index >= 15 is 0 Å². The van der Waals surface area contributed by atoms with Gasteiger partial charge in [-0.2, -0.15) is 0 Å². The van der Waals surface area contributed by atoms with E-state index in [-0.39, 0.29) is 11.8 Å². The van der Waals surface area contributed by atoms with E-state index in [0.29, 0.717) is 13.0 Å². The fourth-order valence-electron chi connectivity index (χ4n) is 1.72. The van der Waals surface area contributed by atoms with Crippen molar-refractivity contribution in [3.05, 3.63) is 30.1 Å². The van der Waals surface area contributed by atoms with Crippen LogP contribution in [0.3, 0.4) is 0 Å². The topological polar surface area (TPSA) is 80.3 Å². The van der Waals surface area contributed by atoms with Gasteiger partial charge in [0.1, 0.15) is 6.04 Å². The molecule has 0 saturated carbocycles. The lowest BCUT2D eigenvalue weighted by molar-refractivity contribution is -0.123. The number of rotatable bonds is 6. The average molecular weight is 279 g/mol. The van der Waals surface area contributed by atoms with Crippen LogP contribution in [-0.2, 0) is 16.1 Å². The monoisotopic (exact) mass is 279 g/mol. The third-order valence-corrected chi connectivity index (χ3v) is 2.69. The standard InChI is InChI=1S/C14H21N3O3/c1-10(2)7-12(17-14(19)20-3)13(18)16-9-11-5-4-6-15-8-11/h4-6,8,10,12H,7,9H2,1-3H3,(H,16,18)(H,17,19)/t12-/m0/s1. The molecule has 1 heterocycles. The fourth-order valence-corrected chi connectivity index (χ4v) is 1.72. The molecule has 0 aliphatic heterocycles. The number of hydrogen-bond donors (Lipinski definition) is 2. The zero-order valence-corrected chi connectivity index (χ0v) is 12.1. The summed E-state index contributed by atoms with van der Waals surface area (Å²) in [5.41, 5.74) is 0.905. The van der Waals surface area contributed by atoms with E-state index in [4.69, 9.17) is 0 Å². The molecule has 1 atom stereocenters. The first-order valence-corrected chi connectivity index (χ1v) is 6.54. The molecule has 0 aromatic carbocycles. The molecule has 20 heavy (non-hydrogen) atoms. The second-order valence-electron chi connectivity index (χ2n) is 4.90. The summed E-state index contributed by atoms with van der Waals surface area (Å²) < 4.78 is 4.54. The van der Waals surface area contributed by atoms with Crippen LogP contribution >= 0.6 is 0 Å². The van der Waals surface area contributed by atoms with Crippen LogP contribution in [0.25, 0.3) is 0 Å². The van der Waals surface area contributed by atoms with Crippen molar-refractivity contribution in [1.29, 1.82) is 0 Å². The molecule has 0 saturated heterocycles. The highest BCUT2D eigenvalue weighted by Crippen LogP contribution is 2.06. The van der Waals surface area contributed by atoms with Gasteiger partial charge in [0.05, 0.1) is 7.11 Å². The Hall–Kier alpha value is -2.11. The van der Waals surface area contributed by atoms with Crippen LogP contribution in [0.4, 0.5) is 4.79 Å². The molecule has 2 amide bonds. The first kappa shape index (κ1) is 15.9. The predicted octanol–water partition coefficient (Wildman–Crippen LogP) is 1.47. The van der Waals surface area contributed by atoms with Gasteiger partial charge in [0.15, 0.2) is 0 Å². The number of ether oxygens (including phenoxy) is 1. The van der Waals surface area contributed by atoms with Crippen LogP contribution in [0.1, 0.15) is 25.8 Å². The van der Waals surface area contributed by atoms with E-state index in [9.17, 15) is 9.59 Å². The molecule has 6 heteroatoms. The minimum atomic E-state index is -0.604. The highest BCUT2D eigenvalue weighted by atomic mass is 16.5. The summed E-state index contributed by atoms with van der Waals surface area (Å²) in [6, 6.07) is 3.08. The van der Waals surface area contributed by atoms with Crippen molar-refractivity contribution in [2.45, 2.75) is 32.9 Å². The largest absolute Gasteiger partial charge is 0.453 e. The van der Waals surface area contributed by atoms with Gasteiger partial charge in [-0.1, -0.05) is 19.9 Å². The van der Waals surface area contributed by atoms with E-state index < -0.39 is 12.1 Å². The van der Waals surface area contributed by atoms with Crippen molar-refractivity contribution in [2.75, 3.05) is 7.11 Å². The maximum absolute atomic E-state index is 12.1. The van der Waals surface area contributed by atoms with Crippen LogP contribution in [0.5, 0.6) is 0 Å².